The van der Waals surface area contributed by atoms with E-state index >= 15 is 0 Å². The molecule has 0 saturated heterocycles. The first-order chi connectivity index (χ1) is 12.0. The molecule has 0 spiro atoms. The molecule has 0 N–H and O–H groups in total. The van der Waals surface area contributed by atoms with Crippen molar-refractivity contribution in [3.8, 4) is 5.75 Å². The Morgan fingerprint density at radius 3 is 2.15 bits per heavy atom. The number of benzene rings is 5. The number of fused-ring (bicyclic) bond motifs is 2. The first kappa shape index (κ1) is 17.5. The molecule has 0 radical (unpaired) electrons. The van der Waals surface area contributed by atoms with Gasteiger partial charge in [0.1, 0.15) is 5.75 Å². The fourth-order valence-corrected chi connectivity index (χ4v) is 4.08. The van der Waals surface area contributed by atoms with E-state index < -0.39 is 10.4 Å². The van der Waals surface area contributed by atoms with E-state index in [9.17, 15) is 13.0 Å². The predicted octanol–water partition coefficient (Wildman–Crippen LogP) is 1.58. The normalized spacial score (nSPS) is 12.0. The molecule has 4 nitrogen and oxygen atoms in total. The van der Waals surface area contributed by atoms with Crippen LogP contribution < -0.4 is 33.7 Å². The first-order valence-electron chi connectivity index (χ1n) is 7.76. The van der Waals surface area contributed by atoms with Crippen molar-refractivity contribution in [2.24, 2.45) is 0 Å². The summed E-state index contributed by atoms with van der Waals surface area (Å²) >= 11 is 0. The molecule has 5 rings (SSSR count). The van der Waals surface area contributed by atoms with Crippen molar-refractivity contribution < 1.29 is 46.7 Å². The molecule has 0 aliphatic heterocycles. The second-order valence-electron chi connectivity index (χ2n) is 6.08. The molecule has 0 fully saturated rings. The molecule has 5 aromatic rings. The fraction of sp³-hybridized carbons (Fsp3) is 0. The van der Waals surface area contributed by atoms with Crippen LogP contribution in [0.4, 0.5) is 0 Å². The third-order valence-electron chi connectivity index (χ3n) is 4.66. The third-order valence-corrected chi connectivity index (χ3v) is 5.04. The topological polar surface area (TPSA) is 66.4 Å². The van der Waals surface area contributed by atoms with E-state index in [2.05, 4.69) is 28.4 Å². The number of hydrogen-bond acceptors (Lipinski definition) is 4. The molecule has 6 heteroatoms. The van der Waals surface area contributed by atoms with Crippen molar-refractivity contribution >= 4 is 53.5 Å². The van der Waals surface area contributed by atoms with E-state index in [1.54, 1.807) is 6.07 Å². The predicted molar refractivity (Wildman–Crippen MR) is 98.0 cm³/mol. The van der Waals surface area contributed by atoms with Gasteiger partial charge >= 0.3 is 29.6 Å². The molecule has 0 aliphatic carbocycles. The van der Waals surface area contributed by atoms with Crippen LogP contribution in [-0.2, 0) is 10.4 Å². The zero-order chi connectivity index (χ0) is 17.2. The molecule has 0 bridgehead atoms. The van der Waals surface area contributed by atoms with Crippen LogP contribution in [0, 0.1) is 0 Å². The summed E-state index contributed by atoms with van der Waals surface area (Å²) in [5.74, 6) is 0.0602. The van der Waals surface area contributed by atoms with Gasteiger partial charge in [-0.3, -0.25) is 0 Å². The Bertz CT molecular complexity index is 1390. The molecule has 122 valence electrons. The van der Waals surface area contributed by atoms with E-state index in [4.69, 9.17) is 0 Å². The largest absolute Gasteiger partial charge is 1.00 e. The van der Waals surface area contributed by atoms with Crippen LogP contribution in [0.15, 0.2) is 66.7 Å². The number of hydrogen-bond donors (Lipinski definition) is 0. The maximum absolute atomic E-state index is 11.1. The zero-order valence-electron chi connectivity index (χ0n) is 13.9. The van der Waals surface area contributed by atoms with Crippen LogP contribution in [0.5, 0.6) is 5.75 Å². The van der Waals surface area contributed by atoms with Crippen molar-refractivity contribution in [2.45, 2.75) is 0 Å². The van der Waals surface area contributed by atoms with Crippen LogP contribution in [0.2, 0.25) is 0 Å². The average molecular weight is 370 g/mol. The number of rotatable bonds is 2. The third kappa shape index (κ3) is 2.64. The summed E-state index contributed by atoms with van der Waals surface area (Å²) in [4.78, 5) is 0. The van der Waals surface area contributed by atoms with E-state index in [0.717, 1.165) is 37.7 Å². The standard InChI is InChI=1S/C20H12O4S.Na/c21-25(22,23)24-18-10-7-12-5-6-14-11-13-3-1-2-4-15(13)16-8-9-17(18)19(12)20(14)16;/h1-11H,(H,21,22,23);/q;+1/p-1. The molecule has 26 heavy (non-hydrogen) atoms. The monoisotopic (exact) mass is 370 g/mol. The van der Waals surface area contributed by atoms with Gasteiger partial charge < -0.3 is 8.74 Å². The second-order valence-corrected chi connectivity index (χ2v) is 7.06. The van der Waals surface area contributed by atoms with Gasteiger partial charge in [0.2, 0.25) is 0 Å². The molecule has 0 saturated carbocycles. The molecule has 0 amide bonds. The van der Waals surface area contributed by atoms with E-state index in [1.807, 2.05) is 30.3 Å². The Kier molecular flexibility index (Phi) is 4.10. The average Bonchev–Trinajstić information content (AvgIpc) is 2.59. The van der Waals surface area contributed by atoms with E-state index in [1.165, 1.54) is 6.07 Å². The first-order valence-corrected chi connectivity index (χ1v) is 9.09. The van der Waals surface area contributed by atoms with Gasteiger partial charge in [-0.05, 0) is 50.5 Å². The van der Waals surface area contributed by atoms with Gasteiger partial charge in [0.25, 0.3) is 10.4 Å². The van der Waals surface area contributed by atoms with Gasteiger partial charge in [-0.25, -0.2) is 8.42 Å². The van der Waals surface area contributed by atoms with Crippen LogP contribution in [0.25, 0.3) is 43.1 Å². The molecular weight excluding hydrogens is 359 g/mol. The van der Waals surface area contributed by atoms with Crippen molar-refractivity contribution in [3.63, 3.8) is 0 Å². The Labute approximate surface area is 172 Å². The molecule has 0 aliphatic rings. The summed E-state index contributed by atoms with van der Waals surface area (Å²) in [6.07, 6.45) is 0. The molecule has 0 unspecified atom stereocenters. The summed E-state index contributed by atoms with van der Waals surface area (Å²) in [6, 6.07) is 21.4. The summed E-state index contributed by atoms with van der Waals surface area (Å²) < 4.78 is 37.8. The second kappa shape index (κ2) is 6.08. The molecule has 0 heterocycles. The Morgan fingerprint density at radius 1 is 0.692 bits per heavy atom. The van der Waals surface area contributed by atoms with Crippen molar-refractivity contribution in [1.29, 1.82) is 0 Å². The molecule has 0 atom stereocenters. The maximum Gasteiger partial charge on any atom is 1.00 e. The zero-order valence-corrected chi connectivity index (χ0v) is 16.7. The van der Waals surface area contributed by atoms with Gasteiger partial charge in [-0.15, -0.1) is 0 Å². The minimum atomic E-state index is -4.83. The summed E-state index contributed by atoms with van der Waals surface area (Å²) in [6.45, 7) is 0. The van der Waals surface area contributed by atoms with Crippen molar-refractivity contribution in [3.05, 3.63) is 66.7 Å². The summed E-state index contributed by atoms with van der Waals surface area (Å²) in [7, 11) is -4.83. The van der Waals surface area contributed by atoms with Gasteiger partial charge in [-0.2, -0.15) is 0 Å². The van der Waals surface area contributed by atoms with Gasteiger partial charge in [0.05, 0.1) is 0 Å². The van der Waals surface area contributed by atoms with Gasteiger partial charge in [0, 0.05) is 10.8 Å². The minimum Gasteiger partial charge on any atom is -0.716 e. The quantitative estimate of drug-likeness (QED) is 0.156. The Morgan fingerprint density at radius 2 is 1.35 bits per heavy atom. The van der Waals surface area contributed by atoms with Crippen molar-refractivity contribution in [2.75, 3.05) is 0 Å². The van der Waals surface area contributed by atoms with E-state index in [0.29, 0.717) is 5.39 Å². The smallest absolute Gasteiger partial charge is 0.716 e. The SMILES string of the molecule is O=S(=O)([O-])Oc1ccc2ccc3cc4ccccc4c4ccc1c2c34.[Na+]. The van der Waals surface area contributed by atoms with Gasteiger partial charge in [-0.1, -0.05) is 48.5 Å². The van der Waals surface area contributed by atoms with Crippen LogP contribution in [-0.4, -0.2) is 13.0 Å². The fourth-order valence-electron chi connectivity index (χ4n) is 3.71. The Balaban J connectivity index is 0.00000168. The minimum absolute atomic E-state index is 0. The molecule has 5 aromatic carbocycles. The van der Waals surface area contributed by atoms with Crippen LogP contribution >= 0.6 is 0 Å². The Hall–Kier alpha value is -1.89. The van der Waals surface area contributed by atoms with Crippen LogP contribution in [0.1, 0.15) is 0 Å². The molecule has 0 aromatic heterocycles. The maximum atomic E-state index is 11.1. The van der Waals surface area contributed by atoms with Crippen molar-refractivity contribution in [1.82, 2.24) is 0 Å². The van der Waals surface area contributed by atoms with Crippen LogP contribution in [0.3, 0.4) is 0 Å². The van der Waals surface area contributed by atoms with E-state index in [-0.39, 0.29) is 35.3 Å². The summed E-state index contributed by atoms with van der Waals surface area (Å²) in [5.41, 5.74) is 0. The molecular formula is C20H11NaO4S. The van der Waals surface area contributed by atoms with Gasteiger partial charge in [0.15, 0.2) is 0 Å². The summed E-state index contributed by atoms with van der Waals surface area (Å²) in [5, 5.41) is 7.97.